The average Bonchev–Trinajstić information content (AvgIpc) is 3.43. The number of ether oxygens (including phenoxy) is 1. The Balaban J connectivity index is 1.37. The third-order valence-electron chi connectivity index (χ3n) is 4.76. The molecule has 1 amide bonds. The summed E-state index contributed by atoms with van der Waals surface area (Å²) in [4.78, 5) is 14.4. The van der Waals surface area contributed by atoms with Crippen molar-refractivity contribution in [2.45, 2.75) is 38.2 Å². The number of hydrogen-bond donors (Lipinski definition) is 2. The minimum atomic E-state index is -0.167. The number of hydrogen-bond acceptors (Lipinski definition) is 4. The van der Waals surface area contributed by atoms with E-state index < -0.39 is 0 Å². The number of carbonyl (C=O) groups is 1. The van der Waals surface area contributed by atoms with Crippen LogP contribution in [0, 0.1) is 5.92 Å². The highest BCUT2D eigenvalue weighted by Crippen LogP contribution is 2.28. The summed E-state index contributed by atoms with van der Waals surface area (Å²) in [7, 11) is 0. The monoisotopic (exact) mass is 332 g/mol. The van der Waals surface area contributed by atoms with Crippen LogP contribution in [0.4, 0.5) is 5.69 Å². The molecule has 5 nitrogen and oxygen atoms in total. The first kappa shape index (κ1) is 17.2. The van der Waals surface area contributed by atoms with Crippen molar-refractivity contribution in [3.63, 3.8) is 0 Å². The topological polar surface area (TPSA) is 61.8 Å². The van der Waals surface area contributed by atoms with Crippen molar-refractivity contribution in [1.29, 1.82) is 0 Å². The van der Waals surface area contributed by atoms with E-state index in [0.29, 0.717) is 12.1 Å². The highest BCUT2D eigenvalue weighted by Gasteiger charge is 2.21. The molecular weight excluding hydrogens is 304 g/mol. The number of aliphatic hydroxyl groups excluding tert-OH is 1. The van der Waals surface area contributed by atoms with Gasteiger partial charge in [-0.15, -0.1) is 0 Å². The number of amides is 1. The van der Waals surface area contributed by atoms with E-state index in [1.807, 2.05) is 24.3 Å². The molecular formula is C19H28N2O3. The van der Waals surface area contributed by atoms with Crippen LogP contribution in [0.2, 0.25) is 0 Å². The van der Waals surface area contributed by atoms with E-state index in [1.165, 1.54) is 12.8 Å². The van der Waals surface area contributed by atoms with Gasteiger partial charge in [-0.2, -0.15) is 0 Å². The second-order valence-electron chi connectivity index (χ2n) is 6.89. The summed E-state index contributed by atoms with van der Waals surface area (Å²) >= 11 is 0. The Kier molecular flexibility index (Phi) is 6.10. The van der Waals surface area contributed by atoms with E-state index >= 15 is 0 Å². The summed E-state index contributed by atoms with van der Waals surface area (Å²) in [6, 6.07) is 7.73. The van der Waals surface area contributed by atoms with Crippen molar-refractivity contribution in [3.8, 4) is 0 Å². The van der Waals surface area contributed by atoms with Gasteiger partial charge in [0.15, 0.2) is 0 Å². The molecule has 0 radical (unpaired) electrons. The molecule has 2 fully saturated rings. The van der Waals surface area contributed by atoms with Gasteiger partial charge in [0.05, 0.1) is 6.10 Å². The second kappa shape index (κ2) is 8.49. The first-order chi connectivity index (χ1) is 11.7. The zero-order valence-corrected chi connectivity index (χ0v) is 14.2. The molecule has 2 N–H and O–H groups in total. The predicted octanol–water partition coefficient (Wildman–Crippen LogP) is 2.19. The maximum atomic E-state index is 12.1. The Bertz CT molecular complexity index is 520. The van der Waals surface area contributed by atoms with Gasteiger partial charge in [-0.1, -0.05) is 0 Å². The van der Waals surface area contributed by atoms with Gasteiger partial charge in [0.25, 0.3) is 5.91 Å². The number of rotatable bonds is 8. The number of piperidine rings is 1. The quantitative estimate of drug-likeness (QED) is 0.717. The third-order valence-corrected chi connectivity index (χ3v) is 4.76. The van der Waals surface area contributed by atoms with Crippen LogP contribution in [-0.2, 0) is 4.74 Å². The van der Waals surface area contributed by atoms with Crippen molar-refractivity contribution < 1.29 is 14.6 Å². The summed E-state index contributed by atoms with van der Waals surface area (Å²) in [6.45, 7) is 3.98. The molecule has 1 heterocycles. The molecule has 1 saturated heterocycles. The first-order valence-corrected chi connectivity index (χ1v) is 9.11. The van der Waals surface area contributed by atoms with E-state index in [2.05, 4.69) is 10.2 Å². The fraction of sp³-hybridized carbons (Fsp3) is 0.632. The smallest absolute Gasteiger partial charge is 0.251 e. The SMILES string of the molecule is O=C(NCCCOCC1CC1)c1ccc(N2CCC(O)CC2)cc1. The molecule has 0 spiro atoms. The predicted molar refractivity (Wildman–Crippen MR) is 94.4 cm³/mol. The highest BCUT2D eigenvalue weighted by molar-refractivity contribution is 5.94. The summed E-state index contributed by atoms with van der Waals surface area (Å²) < 4.78 is 5.56. The van der Waals surface area contributed by atoms with Gasteiger partial charge in [0.2, 0.25) is 0 Å². The fourth-order valence-electron chi connectivity index (χ4n) is 2.96. The summed E-state index contributed by atoms with van der Waals surface area (Å²) in [5.74, 6) is 0.763. The number of aliphatic hydroxyl groups is 1. The lowest BCUT2D eigenvalue weighted by Crippen LogP contribution is -2.35. The summed E-state index contributed by atoms with van der Waals surface area (Å²) in [6.07, 6.45) is 4.93. The molecule has 5 heteroatoms. The van der Waals surface area contributed by atoms with Gasteiger partial charge in [0, 0.05) is 44.1 Å². The van der Waals surface area contributed by atoms with Crippen LogP contribution in [0.3, 0.4) is 0 Å². The molecule has 1 saturated carbocycles. The number of carbonyl (C=O) groups excluding carboxylic acids is 1. The molecule has 1 aliphatic heterocycles. The number of benzene rings is 1. The largest absolute Gasteiger partial charge is 0.393 e. The zero-order chi connectivity index (χ0) is 16.8. The molecule has 3 rings (SSSR count). The standard InChI is InChI=1S/C19H28N2O3/c22-18-8-11-21(12-9-18)17-6-4-16(5-7-17)19(23)20-10-1-13-24-14-15-2-3-15/h4-7,15,18,22H,1-3,8-14H2,(H,20,23). The Hall–Kier alpha value is -1.59. The number of nitrogens with one attached hydrogen (secondary N) is 1. The van der Waals surface area contributed by atoms with Gasteiger partial charge in [-0.3, -0.25) is 4.79 Å². The molecule has 0 aromatic heterocycles. The molecule has 0 unspecified atom stereocenters. The normalized spacial score (nSPS) is 18.6. The van der Waals surface area contributed by atoms with Crippen molar-refractivity contribution in [1.82, 2.24) is 5.32 Å². The molecule has 132 valence electrons. The summed E-state index contributed by atoms with van der Waals surface area (Å²) in [5, 5.41) is 12.5. The lowest BCUT2D eigenvalue weighted by Gasteiger charge is -2.31. The average molecular weight is 332 g/mol. The highest BCUT2D eigenvalue weighted by atomic mass is 16.5. The Morgan fingerprint density at radius 1 is 1.17 bits per heavy atom. The van der Waals surface area contributed by atoms with E-state index in [-0.39, 0.29) is 12.0 Å². The minimum Gasteiger partial charge on any atom is -0.393 e. The van der Waals surface area contributed by atoms with Crippen LogP contribution in [0.5, 0.6) is 0 Å². The van der Waals surface area contributed by atoms with E-state index in [0.717, 1.165) is 57.2 Å². The molecule has 1 aliphatic carbocycles. The van der Waals surface area contributed by atoms with Gasteiger partial charge < -0.3 is 20.1 Å². The zero-order valence-electron chi connectivity index (χ0n) is 14.2. The van der Waals surface area contributed by atoms with Crippen molar-refractivity contribution in [3.05, 3.63) is 29.8 Å². The van der Waals surface area contributed by atoms with Crippen LogP contribution in [0.1, 0.15) is 42.5 Å². The van der Waals surface area contributed by atoms with Crippen LogP contribution in [0.15, 0.2) is 24.3 Å². The van der Waals surface area contributed by atoms with Crippen LogP contribution in [0.25, 0.3) is 0 Å². The molecule has 2 aliphatic rings. The third kappa shape index (κ3) is 5.21. The fourth-order valence-corrected chi connectivity index (χ4v) is 2.96. The van der Waals surface area contributed by atoms with Gasteiger partial charge in [-0.25, -0.2) is 0 Å². The molecule has 1 aromatic rings. The Morgan fingerprint density at radius 3 is 2.54 bits per heavy atom. The van der Waals surface area contributed by atoms with E-state index in [9.17, 15) is 9.90 Å². The lowest BCUT2D eigenvalue weighted by molar-refractivity contribution is 0.0937. The van der Waals surface area contributed by atoms with Crippen molar-refractivity contribution in [2.24, 2.45) is 5.92 Å². The van der Waals surface area contributed by atoms with Gasteiger partial charge >= 0.3 is 0 Å². The maximum Gasteiger partial charge on any atom is 0.251 e. The van der Waals surface area contributed by atoms with Crippen LogP contribution in [-0.4, -0.2) is 50.0 Å². The van der Waals surface area contributed by atoms with Crippen molar-refractivity contribution in [2.75, 3.05) is 37.7 Å². The van der Waals surface area contributed by atoms with Gasteiger partial charge in [-0.05, 0) is 62.3 Å². The van der Waals surface area contributed by atoms with Crippen molar-refractivity contribution >= 4 is 11.6 Å². The Morgan fingerprint density at radius 2 is 1.88 bits per heavy atom. The molecule has 24 heavy (non-hydrogen) atoms. The van der Waals surface area contributed by atoms with Gasteiger partial charge in [0.1, 0.15) is 0 Å². The lowest BCUT2D eigenvalue weighted by atomic mass is 10.1. The van der Waals surface area contributed by atoms with Crippen LogP contribution >= 0.6 is 0 Å². The van der Waals surface area contributed by atoms with E-state index in [1.54, 1.807) is 0 Å². The molecule has 0 atom stereocenters. The molecule has 1 aromatic carbocycles. The minimum absolute atomic E-state index is 0.0298. The number of anilines is 1. The number of nitrogens with zero attached hydrogens (tertiary/aromatic N) is 1. The molecule has 0 bridgehead atoms. The summed E-state index contributed by atoms with van der Waals surface area (Å²) in [5.41, 5.74) is 1.81. The Labute approximate surface area is 144 Å². The maximum absolute atomic E-state index is 12.1. The van der Waals surface area contributed by atoms with E-state index in [4.69, 9.17) is 4.74 Å². The first-order valence-electron chi connectivity index (χ1n) is 9.11. The second-order valence-corrected chi connectivity index (χ2v) is 6.89. The van der Waals surface area contributed by atoms with Crippen LogP contribution < -0.4 is 10.2 Å².